The van der Waals surface area contributed by atoms with Gasteiger partial charge < -0.3 is 92.9 Å². The molecular weight excluding hydrogens is 1040 g/mol. The lowest BCUT2D eigenvalue weighted by atomic mass is 9.97. The molecule has 24 N–H and O–H groups in total. The summed E-state index contributed by atoms with van der Waals surface area (Å²) >= 11 is 12.4. The number of nitrogens with one attached hydrogen (secondary N) is 8. The number of aliphatic hydroxyl groups is 1. The smallest absolute Gasteiger partial charge is 0.327 e. The lowest BCUT2D eigenvalue weighted by Gasteiger charge is -2.29. The second-order valence-electron chi connectivity index (χ2n) is 17.9. The number of aliphatic hydroxyl groups excluding tert-OH is 1. The van der Waals surface area contributed by atoms with Crippen LogP contribution in [-0.2, 0) is 43.2 Å². The molecule has 0 spiro atoms. The van der Waals surface area contributed by atoms with Gasteiger partial charge in [0.15, 0.2) is 17.9 Å². The standard InChI is InChI=1S/C43H82N18O11S3/c1-6-21(4)30(38(69)59-29(19-75)40(71)72)60-34(65)25(12-9-15-53-43(49)50)54-33(64)24(11-8-14-52-42(47)48)55-39(70)31(22(5)62)61-37(68)28(18-74)58-35(66)26(16-20(2)3)56-36(67)27(17-73)57-32(63)23(44)10-7-13-51-41(45)46/h20-31,62,73-75H,6-19,44H2,1-5H3,(H,54,64)(H,55,70)(H,56,67)(H,57,63)(H,58,66)(H,59,69)(H,60,65)(H,61,68)(H,71,72)(H4,45,46,51)(H4,47,48,52)(H4,49,50,53)/t21-,22+,23-,24-,25-,26-,27-,28-,29-,30-,31-/m0/s1. The quantitative estimate of drug-likeness (QED) is 0.0119. The van der Waals surface area contributed by atoms with Crippen molar-refractivity contribution in [3.05, 3.63) is 0 Å². The lowest BCUT2D eigenvalue weighted by Crippen LogP contribution is -2.62. The van der Waals surface area contributed by atoms with E-state index in [2.05, 4.69) is 95.4 Å². The Labute approximate surface area is 453 Å². The number of carbonyl (C=O) groups excluding carboxylic acids is 8. The first-order chi connectivity index (χ1) is 35.1. The SMILES string of the molecule is CC[C@H](C)[C@H](NC(=O)[C@H](CCCN=C(N)N)NC(=O)[C@H](CCCN=C(N)N)NC(=O)[C@@H](NC(=O)[C@H](CS)NC(=O)[C@H](CC(C)C)NC(=O)[C@H](CS)NC(=O)[C@@H](N)CCCN=C(N)N)[C@@H](C)O)C(=O)N[C@@H](CS)C(=O)O. The minimum Gasteiger partial charge on any atom is -0.480 e. The Morgan fingerprint density at radius 2 is 0.800 bits per heavy atom. The molecule has 428 valence electrons. The summed E-state index contributed by atoms with van der Waals surface area (Å²) in [5.74, 6) is -10.4. The van der Waals surface area contributed by atoms with Gasteiger partial charge in [-0.05, 0) is 63.7 Å². The minimum absolute atomic E-state index is 0.0151. The first-order valence-electron chi connectivity index (χ1n) is 24.2. The maximum atomic E-state index is 14.2. The molecule has 32 heteroatoms. The number of thiol groups is 3. The lowest BCUT2D eigenvalue weighted by molar-refractivity contribution is -0.142. The van der Waals surface area contributed by atoms with Gasteiger partial charge in [-0.1, -0.05) is 34.1 Å². The minimum atomic E-state index is -1.77. The zero-order valence-electron chi connectivity index (χ0n) is 43.1. The van der Waals surface area contributed by atoms with Crippen LogP contribution in [0.2, 0.25) is 0 Å². The van der Waals surface area contributed by atoms with Crippen LogP contribution in [0.4, 0.5) is 0 Å². The van der Waals surface area contributed by atoms with E-state index >= 15 is 0 Å². The van der Waals surface area contributed by atoms with E-state index in [1.54, 1.807) is 27.7 Å². The van der Waals surface area contributed by atoms with Gasteiger partial charge in [0.2, 0.25) is 47.3 Å². The van der Waals surface area contributed by atoms with Gasteiger partial charge in [-0.25, -0.2) is 4.79 Å². The van der Waals surface area contributed by atoms with Gasteiger partial charge in [-0.15, -0.1) is 0 Å². The van der Waals surface area contributed by atoms with Crippen LogP contribution in [0.1, 0.15) is 86.0 Å². The van der Waals surface area contributed by atoms with Crippen LogP contribution in [0, 0.1) is 11.8 Å². The molecule has 0 saturated heterocycles. The van der Waals surface area contributed by atoms with Gasteiger partial charge in [0.05, 0.1) is 12.1 Å². The fraction of sp³-hybridized carbons (Fsp3) is 0.721. The Hall–Kier alpha value is -5.99. The number of nitrogens with zero attached hydrogens (tertiary/aromatic N) is 3. The van der Waals surface area contributed by atoms with Crippen LogP contribution in [0.5, 0.6) is 0 Å². The highest BCUT2D eigenvalue weighted by molar-refractivity contribution is 7.80. The number of carboxylic acids is 1. The summed E-state index contributed by atoms with van der Waals surface area (Å²) in [5, 5.41) is 40.3. The third kappa shape index (κ3) is 27.9. The zero-order valence-corrected chi connectivity index (χ0v) is 45.8. The first-order valence-corrected chi connectivity index (χ1v) is 26.1. The maximum absolute atomic E-state index is 14.2. The molecule has 11 atom stereocenters. The number of nitrogens with two attached hydrogens (primary N) is 7. The molecule has 0 aliphatic carbocycles. The van der Waals surface area contributed by atoms with E-state index in [1.165, 1.54) is 6.92 Å². The molecule has 0 fully saturated rings. The number of hydrogen-bond acceptors (Lipinski definition) is 17. The summed E-state index contributed by atoms with van der Waals surface area (Å²) in [6, 6.07) is -12.3. The fourth-order valence-electron chi connectivity index (χ4n) is 6.71. The average Bonchev–Trinajstić information content (AvgIpc) is 3.33. The molecule has 0 aromatic heterocycles. The van der Waals surface area contributed by atoms with Crippen molar-refractivity contribution in [2.45, 2.75) is 146 Å². The Bertz CT molecular complexity index is 1970. The van der Waals surface area contributed by atoms with E-state index in [4.69, 9.17) is 40.1 Å². The highest BCUT2D eigenvalue weighted by Crippen LogP contribution is 2.12. The van der Waals surface area contributed by atoms with E-state index in [9.17, 15) is 53.4 Å². The second-order valence-corrected chi connectivity index (χ2v) is 19.0. The Morgan fingerprint density at radius 3 is 1.21 bits per heavy atom. The zero-order chi connectivity index (χ0) is 57.5. The van der Waals surface area contributed by atoms with Crippen LogP contribution in [0.25, 0.3) is 0 Å². The van der Waals surface area contributed by atoms with E-state index in [0.717, 1.165) is 0 Å². The summed E-state index contributed by atoms with van der Waals surface area (Å²) in [4.78, 5) is 133. The number of amides is 8. The highest BCUT2D eigenvalue weighted by Gasteiger charge is 2.36. The molecule has 0 unspecified atom stereocenters. The van der Waals surface area contributed by atoms with Crippen molar-refractivity contribution in [1.29, 1.82) is 0 Å². The molecule has 8 amide bonds. The van der Waals surface area contributed by atoms with Crippen molar-refractivity contribution >= 4 is 109 Å². The molecule has 0 bridgehead atoms. The van der Waals surface area contributed by atoms with E-state index in [0.29, 0.717) is 12.8 Å². The number of aliphatic imine (C=N–C) groups is 3. The van der Waals surface area contributed by atoms with Crippen LogP contribution in [-0.4, -0.2) is 179 Å². The first kappa shape index (κ1) is 69.0. The number of carboxylic acid groups (broad SMARTS) is 1. The summed E-state index contributed by atoms with van der Waals surface area (Å²) in [7, 11) is 0. The maximum Gasteiger partial charge on any atom is 0.327 e. The van der Waals surface area contributed by atoms with Gasteiger partial charge >= 0.3 is 5.97 Å². The van der Waals surface area contributed by atoms with Gasteiger partial charge in [-0.2, -0.15) is 37.9 Å². The monoisotopic (exact) mass is 1120 g/mol. The van der Waals surface area contributed by atoms with Crippen molar-refractivity contribution in [3.63, 3.8) is 0 Å². The van der Waals surface area contributed by atoms with E-state index < -0.39 is 120 Å². The van der Waals surface area contributed by atoms with Crippen LogP contribution < -0.4 is 82.7 Å². The number of aliphatic carboxylic acids is 1. The van der Waals surface area contributed by atoms with Crippen molar-refractivity contribution < 1.29 is 53.4 Å². The Kier molecular flexibility index (Phi) is 33.9. The molecule has 0 radical (unpaired) electrons. The van der Waals surface area contributed by atoms with Crippen molar-refractivity contribution in [1.82, 2.24) is 42.5 Å². The van der Waals surface area contributed by atoms with E-state index in [-0.39, 0.29) is 99.2 Å². The van der Waals surface area contributed by atoms with Crippen molar-refractivity contribution in [2.24, 2.45) is 66.9 Å². The third-order valence-corrected chi connectivity index (χ3v) is 12.2. The van der Waals surface area contributed by atoms with Crippen molar-refractivity contribution in [3.8, 4) is 0 Å². The molecule has 0 aliphatic heterocycles. The predicted octanol–water partition coefficient (Wildman–Crippen LogP) is -6.30. The average molecular weight is 1120 g/mol. The number of guanidine groups is 3. The highest BCUT2D eigenvalue weighted by atomic mass is 32.1. The largest absolute Gasteiger partial charge is 0.480 e. The Morgan fingerprint density at radius 1 is 0.467 bits per heavy atom. The Balaban J connectivity index is 6.59. The number of rotatable bonds is 37. The molecular formula is C43H82N18O11S3. The van der Waals surface area contributed by atoms with Crippen molar-refractivity contribution in [2.75, 3.05) is 36.9 Å². The summed E-state index contributed by atoms with van der Waals surface area (Å²) < 4.78 is 0. The van der Waals surface area contributed by atoms with Gasteiger partial charge in [0.1, 0.15) is 48.3 Å². The molecule has 0 aromatic carbocycles. The van der Waals surface area contributed by atoms with Gasteiger partial charge in [-0.3, -0.25) is 53.3 Å². The van der Waals surface area contributed by atoms with E-state index in [1.807, 2.05) is 0 Å². The summed E-state index contributed by atoms with van der Waals surface area (Å²) in [5.41, 5.74) is 38.5. The molecule has 75 heavy (non-hydrogen) atoms. The molecule has 0 heterocycles. The third-order valence-electron chi connectivity index (χ3n) is 11.1. The molecule has 29 nitrogen and oxygen atoms in total. The number of hydrogen-bond donors (Lipinski definition) is 20. The van der Waals surface area contributed by atoms with Crippen LogP contribution in [0.3, 0.4) is 0 Å². The van der Waals surface area contributed by atoms with Crippen LogP contribution >= 0.6 is 37.9 Å². The number of carbonyl (C=O) groups is 9. The normalized spacial score (nSPS) is 15.4. The molecule has 0 aliphatic rings. The molecule has 0 rings (SSSR count). The topological polar surface area (TPSA) is 510 Å². The summed E-state index contributed by atoms with van der Waals surface area (Å²) in [6.07, 6.45) is -0.706. The summed E-state index contributed by atoms with van der Waals surface area (Å²) in [6.45, 7) is 8.34. The van der Waals surface area contributed by atoms with Gasteiger partial charge in [0.25, 0.3) is 0 Å². The molecule has 0 aromatic rings. The van der Waals surface area contributed by atoms with Gasteiger partial charge in [0, 0.05) is 36.9 Å². The predicted molar refractivity (Wildman–Crippen MR) is 293 cm³/mol. The fourth-order valence-corrected chi connectivity index (χ4v) is 7.47. The van der Waals surface area contributed by atoms with Crippen LogP contribution in [0.15, 0.2) is 15.0 Å². The molecule has 0 saturated carbocycles. The second kappa shape index (κ2) is 36.9.